The second kappa shape index (κ2) is 8.26. The molecule has 0 saturated carbocycles. The molecule has 0 unspecified atom stereocenters. The standard InChI is InChI=1S/C20H18ClN3O3S/c1-12-23-18(11-28-12)13-3-2-4-15(7-13)24-19(25)14-8-17(21)20(22-9-14)27-16-5-6-26-10-16/h2-4,7-9,11,16H,5-6,10H2,1H3,(H,24,25)/t16-/m0/s1. The summed E-state index contributed by atoms with van der Waals surface area (Å²) >= 11 is 7.84. The van der Waals surface area contributed by atoms with Crippen molar-refractivity contribution in [3.8, 4) is 17.1 Å². The third-order valence-corrected chi connectivity index (χ3v) is 5.32. The Balaban J connectivity index is 1.47. The largest absolute Gasteiger partial charge is 0.471 e. The number of hydrogen-bond donors (Lipinski definition) is 1. The van der Waals surface area contributed by atoms with Crippen molar-refractivity contribution in [2.45, 2.75) is 19.4 Å². The van der Waals surface area contributed by atoms with Gasteiger partial charge in [-0.05, 0) is 25.1 Å². The first kappa shape index (κ1) is 18.9. The highest BCUT2D eigenvalue weighted by Gasteiger charge is 2.20. The van der Waals surface area contributed by atoms with E-state index in [4.69, 9.17) is 21.1 Å². The number of carbonyl (C=O) groups excluding carboxylic acids is 1. The number of hydrogen-bond acceptors (Lipinski definition) is 6. The van der Waals surface area contributed by atoms with E-state index in [0.717, 1.165) is 22.7 Å². The molecular weight excluding hydrogens is 398 g/mol. The van der Waals surface area contributed by atoms with Crippen LogP contribution in [0.4, 0.5) is 5.69 Å². The van der Waals surface area contributed by atoms with Gasteiger partial charge in [-0.2, -0.15) is 0 Å². The Bertz CT molecular complexity index is 1000. The summed E-state index contributed by atoms with van der Waals surface area (Å²) in [5, 5.41) is 6.16. The molecule has 1 amide bonds. The highest BCUT2D eigenvalue weighted by Crippen LogP contribution is 2.27. The molecule has 1 aliphatic heterocycles. The van der Waals surface area contributed by atoms with E-state index in [9.17, 15) is 4.79 Å². The number of aromatic nitrogens is 2. The SMILES string of the molecule is Cc1nc(-c2cccc(NC(=O)c3cnc(O[C@H]4CCOC4)c(Cl)c3)c2)cs1. The minimum absolute atomic E-state index is 0.0539. The molecule has 1 saturated heterocycles. The summed E-state index contributed by atoms with van der Waals surface area (Å²) in [5.41, 5.74) is 2.86. The molecule has 28 heavy (non-hydrogen) atoms. The molecule has 3 aromatic rings. The van der Waals surface area contributed by atoms with Gasteiger partial charge in [0.1, 0.15) is 11.1 Å². The Morgan fingerprint density at radius 3 is 3.00 bits per heavy atom. The van der Waals surface area contributed by atoms with Gasteiger partial charge >= 0.3 is 0 Å². The lowest BCUT2D eigenvalue weighted by Gasteiger charge is -2.13. The van der Waals surface area contributed by atoms with Crippen LogP contribution in [0.3, 0.4) is 0 Å². The van der Waals surface area contributed by atoms with E-state index >= 15 is 0 Å². The number of benzene rings is 1. The molecular formula is C20H18ClN3O3S. The van der Waals surface area contributed by atoms with Gasteiger partial charge in [0.25, 0.3) is 5.91 Å². The molecule has 2 aromatic heterocycles. The quantitative estimate of drug-likeness (QED) is 0.659. The average Bonchev–Trinajstić information content (AvgIpc) is 3.35. The Morgan fingerprint density at radius 2 is 2.29 bits per heavy atom. The first-order valence-electron chi connectivity index (χ1n) is 8.82. The predicted molar refractivity (Wildman–Crippen MR) is 109 cm³/mol. The number of ether oxygens (including phenoxy) is 2. The number of thiazole rings is 1. The highest BCUT2D eigenvalue weighted by molar-refractivity contribution is 7.09. The Hall–Kier alpha value is -2.48. The number of amides is 1. The summed E-state index contributed by atoms with van der Waals surface area (Å²) in [7, 11) is 0. The van der Waals surface area contributed by atoms with E-state index < -0.39 is 0 Å². The van der Waals surface area contributed by atoms with Crippen LogP contribution in [0, 0.1) is 6.92 Å². The number of halogens is 1. The second-order valence-electron chi connectivity index (χ2n) is 6.40. The molecule has 0 aliphatic carbocycles. The number of aryl methyl sites for hydroxylation is 1. The fourth-order valence-corrected chi connectivity index (χ4v) is 3.69. The van der Waals surface area contributed by atoms with Crippen molar-refractivity contribution in [3.05, 3.63) is 57.5 Å². The first-order valence-corrected chi connectivity index (χ1v) is 10.1. The van der Waals surface area contributed by atoms with Crippen LogP contribution in [-0.4, -0.2) is 35.2 Å². The van der Waals surface area contributed by atoms with Gasteiger partial charge in [-0.25, -0.2) is 9.97 Å². The number of carbonyl (C=O) groups is 1. The van der Waals surface area contributed by atoms with Gasteiger partial charge in [0, 0.05) is 29.2 Å². The zero-order valence-electron chi connectivity index (χ0n) is 15.1. The van der Waals surface area contributed by atoms with E-state index in [1.165, 1.54) is 6.20 Å². The fourth-order valence-electron chi connectivity index (χ4n) is 2.86. The summed E-state index contributed by atoms with van der Waals surface area (Å²) < 4.78 is 11.0. The van der Waals surface area contributed by atoms with Crippen molar-refractivity contribution < 1.29 is 14.3 Å². The summed E-state index contributed by atoms with van der Waals surface area (Å²) in [6.07, 6.45) is 2.21. The topological polar surface area (TPSA) is 73.3 Å². The van der Waals surface area contributed by atoms with Gasteiger partial charge in [-0.1, -0.05) is 23.7 Å². The van der Waals surface area contributed by atoms with Crippen LogP contribution < -0.4 is 10.1 Å². The van der Waals surface area contributed by atoms with Crippen LogP contribution in [0.5, 0.6) is 5.88 Å². The third-order valence-electron chi connectivity index (χ3n) is 4.27. The maximum atomic E-state index is 12.6. The molecule has 1 aliphatic rings. The number of rotatable bonds is 5. The van der Waals surface area contributed by atoms with Crippen LogP contribution >= 0.6 is 22.9 Å². The minimum Gasteiger partial charge on any atom is -0.471 e. The van der Waals surface area contributed by atoms with Crippen molar-refractivity contribution in [1.82, 2.24) is 9.97 Å². The van der Waals surface area contributed by atoms with E-state index in [2.05, 4.69) is 15.3 Å². The summed E-state index contributed by atoms with van der Waals surface area (Å²) in [5.74, 6) is 0.0198. The van der Waals surface area contributed by atoms with Crippen LogP contribution in [0.25, 0.3) is 11.3 Å². The van der Waals surface area contributed by atoms with Gasteiger partial charge in [0.2, 0.25) is 5.88 Å². The fraction of sp³-hybridized carbons (Fsp3) is 0.250. The van der Waals surface area contributed by atoms with Gasteiger partial charge in [-0.3, -0.25) is 4.79 Å². The smallest absolute Gasteiger partial charge is 0.257 e. The second-order valence-corrected chi connectivity index (χ2v) is 7.87. The lowest BCUT2D eigenvalue weighted by atomic mass is 10.1. The van der Waals surface area contributed by atoms with Gasteiger partial charge in [0.05, 0.1) is 29.5 Å². The summed E-state index contributed by atoms with van der Waals surface area (Å²) in [4.78, 5) is 21.3. The zero-order chi connectivity index (χ0) is 19.5. The molecule has 1 N–H and O–H groups in total. The lowest BCUT2D eigenvalue weighted by molar-refractivity contribution is 0.102. The molecule has 8 heteroatoms. The number of nitrogens with zero attached hydrogens (tertiary/aromatic N) is 2. The molecule has 0 radical (unpaired) electrons. The van der Waals surface area contributed by atoms with Crippen molar-refractivity contribution >= 4 is 34.5 Å². The monoisotopic (exact) mass is 415 g/mol. The maximum absolute atomic E-state index is 12.6. The van der Waals surface area contributed by atoms with Crippen molar-refractivity contribution in [3.63, 3.8) is 0 Å². The van der Waals surface area contributed by atoms with Crippen LogP contribution in [0.1, 0.15) is 21.8 Å². The number of nitrogens with one attached hydrogen (secondary N) is 1. The van der Waals surface area contributed by atoms with Crippen molar-refractivity contribution in [2.75, 3.05) is 18.5 Å². The number of pyridine rings is 1. The normalized spacial score (nSPS) is 16.1. The highest BCUT2D eigenvalue weighted by atomic mass is 35.5. The molecule has 4 rings (SSSR count). The first-order chi connectivity index (χ1) is 13.6. The average molecular weight is 416 g/mol. The van der Waals surface area contributed by atoms with E-state index in [0.29, 0.717) is 35.4 Å². The minimum atomic E-state index is -0.295. The predicted octanol–water partition coefficient (Wildman–Crippen LogP) is 4.59. The van der Waals surface area contributed by atoms with E-state index in [1.54, 1.807) is 17.4 Å². The Kier molecular flexibility index (Phi) is 5.57. The van der Waals surface area contributed by atoms with Crippen molar-refractivity contribution in [2.24, 2.45) is 0 Å². The zero-order valence-corrected chi connectivity index (χ0v) is 16.7. The number of anilines is 1. The molecule has 1 fully saturated rings. The Labute approximate surface area is 171 Å². The maximum Gasteiger partial charge on any atom is 0.257 e. The molecule has 1 aromatic carbocycles. The van der Waals surface area contributed by atoms with Gasteiger partial charge in [0.15, 0.2) is 0 Å². The molecule has 3 heterocycles. The van der Waals surface area contributed by atoms with E-state index in [-0.39, 0.29) is 12.0 Å². The summed E-state index contributed by atoms with van der Waals surface area (Å²) in [6.45, 7) is 3.15. The van der Waals surface area contributed by atoms with Crippen LogP contribution in [0.2, 0.25) is 5.02 Å². The van der Waals surface area contributed by atoms with Crippen LogP contribution in [-0.2, 0) is 4.74 Å². The van der Waals surface area contributed by atoms with Gasteiger partial charge in [-0.15, -0.1) is 11.3 Å². The van der Waals surface area contributed by atoms with Gasteiger partial charge < -0.3 is 14.8 Å². The van der Waals surface area contributed by atoms with E-state index in [1.807, 2.05) is 36.6 Å². The third kappa shape index (κ3) is 4.32. The summed E-state index contributed by atoms with van der Waals surface area (Å²) in [6, 6.07) is 9.11. The molecule has 0 spiro atoms. The molecule has 1 atom stereocenters. The van der Waals surface area contributed by atoms with Crippen molar-refractivity contribution in [1.29, 1.82) is 0 Å². The molecule has 6 nitrogen and oxygen atoms in total. The van der Waals surface area contributed by atoms with Crippen LogP contribution in [0.15, 0.2) is 41.9 Å². The lowest BCUT2D eigenvalue weighted by Crippen LogP contribution is -2.17. The Morgan fingerprint density at radius 1 is 1.39 bits per heavy atom. The molecule has 0 bridgehead atoms. The molecule has 144 valence electrons.